The van der Waals surface area contributed by atoms with Crippen LogP contribution in [-0.4, -0.2) is 5.78 Å². The molecule has 2 heteroatoms. The molecule has 0 atom stereocenters. The first-order valence-corrected chi connectivity index (χ1v) is 6.02. The van der Waals surface area contributed by atoms with Crippen LogP contribution in [0.4, 0.5) is 0 Å². The Morgan fingerprint density at radius 3 is 1.67 bits per heavy atom. The number of benzene rings is 2. The zero-order valence-electron chi connectivity index (χ0n) is 10.5. The smallest absolute Gasteiger partial charge is 0.132 e. The second-order valence-electron chi connectivity index (χ2n) is 4.58. The summed E-state index contributed by atoms with van der Waals surface area (Å²) in [5, 5.41) is 0. The fourth-order valence-corrected chi connectivity index (χ4v) is 2.23. The van der Waals surface area contributed by atoms with Crippen molar-refractivity contribution in [2.24, 2.45) is 5.73 Å². The lowest BCUT2D eigenvalue weighted by atomic mass is 9.80. The Kier molecular flexibility index (Phi) is 3.58. The lowest BCUT2D eigenvalue weighted by Crippen LogP contribution is -2.39. The SMILES string of the molecule is CC(=O)CC(N)(c1ccccc1)c1ccccc1. The summed E-state index contributed by atoms with van der Waals surface area (Å²) in [4.78, 5) is 11.5. The van der Waals surface area contributed by atoms with Crippen molar-refractivity contribution in [3.05, 3.63) is 71.8 Å². The molecule has 0 heterocycles. The number of ketones is 1. The van der Waals surface area contributed by atoms with Gasteiger partial charge in [0, 0.05) is 6.42 Å². The molecule has 0 aliphatic carbocycles. The van der Waals surface area contributed by atoms with Crippen LogP contribution < -0.4 is 5.73 Å². The first-order valence-electron chi connectivity index (χ1n) is 6.02. The van der Waals surface area contributed by atoms with Gasteiger partial charge in [-0.1, -0.05) is 60.7 Å². The zero-order chi connectivity index (χ0) is 13.0. The van der Waals surface area contributed by atoms with E-state index in [0.29, 0.717) is 6.42 Å². The molecule has 2 aromatic rings. The van der Waals surface area contributed by atoms with Crippen LogP contribution in [0.3, 0.4) is 0 Å². The topological polar surface area (TPSA) is 43.1 Å². The lowest BCUT2D eigenvalue weighted by molar-refractivity contribution is -0.117. The number of nitrogens with two attached hydrogens (primary N) is 1. The minimum absolute atomic E-state index is 0.0882. The summed E-state index contributed by atoms with van der Waals surface area (Å²) in [5.41, 5.74) is 7.71. The van der Waals surface area contributed by atoms with E-state index in [1.807, 2.05) is 60.7 Å². The first-order chi connectivity index (χ1) is 8.63. The molecular formula is C16H17NO. The van der Waals surface area contributed by atoms with E-state index in [1.54, 1.807) is 6.92 Å². The minimum Gasteiger partial charge on any atom is -0.317 e. The van der Waals surface area contributed by atoms with Crippen LogP contribution in [0.2, 0.25) is 0 Å². The predicted molar refractivity (Wildman–Crippen MR) is 73.1 cm³/mol. The van der Waals surface area contributed by atoms with E-state index in [4.69, 9.17) is 5.73 Å². The lowest BCUT2D eigenvalue weighted by Gasteiger charge is -2.29. The first kappa shape index (κ1) is 12.5. The van der Waals surface area contributed by atoms with Gasteiger partial charge in [0.25, 0.3) is 0 Å². The van der Waals surface area contributed by atoms with Gasteiger partial charge in [-0.15, -0.1) is 0 Å². The van der Waals surface area contributed by atoms with E-state index >= 15 is 0 Å². The number of carbonyl (C=O) groups is 1. The highest BCUT2D eigenvalue weighted by molar-refractivity contribution is 5.78. The van der Waals surface area contributed by atoms with Gasteiger partial charge in [0.15, 0.2) is 0 Å². The van der Waals surface area contributed by atoms with Crippen LogP contribution in [0.25, 0.3) is 0 Å². The molecule has 0 saturated heterocycles. The minimum atomic E-state index is -0.742. The van der Waals surface area contributed by atoms with Crippen molar-refractivity contribution in [2.45, 2.75) is 18.9 Å². The van der Waals surface area contributed by atoms with Gasteiger partial charge < -0.3 is 5.73 Å². The molecule has 0 aromatic heterocycles. The van der Waals surface area contributed by atoms with Crippen LogP contribution in [0.1, 0.15) is 24.5 Å². The molecule has 0 saturated carbocycles. The molecule has 0 unspecified atom stereocenters. The molecule has 0 aliphatic rings. The van der Waals surface area contributed by atoms with Gasteiger partial charge in [-0.05, 0) is 18.1 Å². The zero-order valence-corrected chi connectivity index (χ0v) is 10.5. The molecule has 92 valence electrons. The van der Waals surface area contributed by atoms with Crippen molar-refractivity contribution >= 4 is 5.78 Å². The Morgan fingerprint density at radius 2 is 1.33 bits per heavy atom. The molecule has 0 amide bonds. The molecule has 2 aromatic carbocycles. The van der Waals surface area contributed by atoms with E-state index in [9.17, 15) is 4.79 Å². The fourth-order valence-electron chi connectivity index (χ4n) is 2.23. The normalized spacial score (nSPS) is 11.2. The van der Waals surface area contributed by atoms with Crippen LogP contribution >= 0.6 is 0 Å². The van der Waals surface area contributed by atoms with Gasteiger partial charge in [-0.3, -0.25) is 4.79 Å². The Hall–Kier alpha value is -1.93. The fraction of sp³-hybridized carbons (Fsp3) is 0.188. The van der Waals surface area contributed by atoms with Crippen LogP contribution in [-0.2, 0) is 10.3 Å². The van der Waals surface area contributed by atoms with Gasteiger partial charge in [-0.25, -0.2) is 0 Å². The molecule has 0 spiro atoms. The van der Waals surface area contributed by atoms with Crippen LogP contribution in [0, 0.1) is 0 Å². The Balaban J connectivity index is 2.51. The van der Waals surface area contributed by atoms with E-state index < -0.39 is 5.54 Å². The number of hydrogen-bond acceptors (Lipinski definition) is 2. The van der Waals surface area contributed by atoms with Gasteiger partial charge in [0.05, 0.1) is 5.54 Å². The van der Waals surface area contributed by atoms with Crippen molar-refractivity contribution in [2.75, 3.05) is 0 Å². The maximum atomic E-state index is 11.5. The van der Waals surface area contributed by atoms with Crippen molar-refractivity contribution in [3.63, 3.8) is 0 Å². The van der Waals surface area contributed by atoms with Gasteiger partial charge >= 0.3 is 0 Å². The van der Waals surface area contributed by atoms with Crippen LogP contribution in [0.5, 0.6) is 0 Å². The number of carbonyl (C=O) groups excluding carboxylic acids is 1. The summed E-state index contributed by atoms with van der Waals surface area (Å²) >= 11 is 0. The third-order valence-corrected chi connectivity index (χ3v) is 3.11. The maximum absolute atomic E-state index is 11.5. The summed E-state index contributed by atoms with van der Waals surface area (Å²) in [7, 11) is 0. The van der Waals surface area contributed by atoms with E-state index in [-0.39, 0.29) is 5.78 Å². The number of rotatable bonds is 4. The standard InChI is InChI=1S/C16H17NO/c1-13(18)12-16(17,14-8-4-2-5-9-14)15-10-6-3-7-11-15/h2-11H,12,17H2,1H3. The van der Waals surface area contributed by atoms with E-state index in [1.165, 1.54) is 0 Å². The molecule has 2 nitrogen and oxygen atoms in total. The average Bonchev–Trinajstić information content (AvgIpc) is 2.40. The number of hydrogen-bond donors (Lipinski definition) is 1. The summed E-state index contributed by atoms with van der Waals surface area (Å²) in [6, 6.07) is 19.5. The summed E-state index contributed by atoms with van der Waals surface area (Å²) in [6.45, 7) is 1.58. The van der Waals surface area contributed by atoms with Crippen molar-refractivity contribution < 1.29 is 4.79 Å². The van der Waals surface area contributed by atoms with Gasteiger partial charge in [0.1, 0.15) is 5.78 Å². The second-order valence-corrected chi connectivity index (χ2v) is 4.58. The quantitative estimate of drug-likeness (QED) is 0.891. The Morgan fingerprint density at radius 1 is 0.944 bits per heavy atom. The monoisotopic (exact) mass is 239 g/mol. The largest absolute Gasteiger partial charge is 0.317 e. The summed E-state index contributed by atoms with van der Waals surface area (Å²) in [6.07, 6.45) is 0.307. The highest BCUT2D eigenvalue weighted by atomic mass is 16.1. The van der Waals surface area contributed by atoms with Crippen LogP contribution in [0.15, 0.2) is 60.7 Å². The molecular weight excluding hydrogens is 222 g/mol. The third-order valence-electron chi connectivity index (χ3n) is 3.11. The predicted octanol–water partition coefficient (Wildman–Crippen LogP) is 2.87. The highest BCUT2D eigenvalue weighted by Crippen LogP contribution is 2.30. The second kappa shape index (κ2) is 5.15. The average molecular weight is 239 g/mol. The molecule has 2 N–H and O–H groups in total. The summed E-state index contributed by atoms with van der Waals surface area (Å²) < 4.78 is 0. The highest BCUT2D eigenvalue weighted by Gasteiger charge is 2.30. The van der Waals surface area contributed by atoms with Crippen molar-refractivity contribution in [1.29, 1.82) is 0 Å². The van der Waals surface area contributed by atoms with E-state index in [0.717, 1.165) is 11.1 Å². The van der Waals surface area contributed by atoms with E-state index in [2.05, 4.69) is 0 Å². The molecule has 0 aliphatic heterocycles. The van der Waals surface area contributed by atoms with Gasteiger partial charge in [-0.2, -0.15) is 0 Å². The molecule has 0 fully saturated rings. The van der Waals surface area contributed by atoms with Gasteiger partial charge in [0.2, 0.25) is 0 Å². The maximum Gasteiger partial charge on any atom is 0.132 e. The molecule has 18 heavy (non-hydrogen) atoms. The number of Topliss-reactive ketones (excluding diaryl/α,β-unsaturated/α-hetero) is 1. The van der Waals surface area contributed by atoms with Crippen molar-refractivity contribution in [3.8, 4) is 0 Å². The summed E-state index contributed by atoms with van der Waals surface area (Å²) in [5.74, 6) is 0.0882. The molecule has 0 radical (unpaired) electrons. The molecule has 2 rings (SSSR count). The van der Waals surface area contributed by atoms with Crippen molar-refractivity contribution in [1.82, 2.24) is 0 Å². The Labute approximate surface area is 107 Å². The third kappa shape index (κ3) is 2.49. The molecule has 0 bridgehead atoms. The Bertz CT molecular complexity index is 480.